The maximum Gasteiger partial charge on any atom is 0.138 e. The summed E-state index contributed by atoms with van der Waals surface area (Å²) in [6.07, 6.45) is 0.292. The average Bonchev–Trinajstić information content (AvgIpc) is 2.72. The summed E-state index contributed by atoms with van der Waals surface area (Å²) in [6, 6.07) is 22.0. The maximum absolute atomic E-state index is 10.6. The lowest BCUT2D eigenvalue weighted by Gasteiger charge is -2.36. The van der Waals surface area contributed by atoms with Crippen molar-refractivity contribution in [3.8, 4) is 5.75 Å². The van der Waals surface area contributed by atoms with Crippen LogP contribution < -0.4 is 4.90 Å². The second-order valence-corrected chi connectivity index (χ2v) is 7.23. The van der Waals surface area contributed by atoms with Crippen molar-refractivity contribution in [1.29, 1.82) is 0 Å². The van der Waals surface area contributed by atoms with Gasteiger partial charge in [0.2, 0.25) is 0 Å². The van der Waals surface area contributed by atoms with Crippen molar-refractivity contribution in [2.24, 2.45) is 0 Å². The highest BCUT2D eigenvalue weighted by Crippen LogP contribution is 2.27. The fraction of sp³-hybridized carbons (Fsp3) is 0.304. The third kappa shape index (κ3) is 4.07. The first kappa shape index (κ1) is 17.8. The minimum Gasteiger partial charge on any atom is -0.506 e. The minimum atomic E-state index is -0.439. The number of fused-ring (bicyclic) bond motifs is 1. The van der Waals surface area contributed by atoms with E-state index in [1.54, 1.807) is 6.07 Å². The van der Waals surface area contributed by atoms with E-state index >= 15 is 0 Å². The highest BCUT2D eigenvalue weighted by molar-refractivity contribution is 5.83. The zero-order valence-electron chi connectivity index (χ0n) is 15.5. The number of rotatable bonds is 5. The molecule has 4 rings (SSSR count). The minimum absolute atomic E-state index is 0.345. The number of benzene rings is 3. The van der Waals surface area contributed by atoms with Crippen molar-refractivity contribution in [3.05, 3.63) is 72.3 Å². The smallest absolute Gasteiger partial charge is 0.138 e. The lowest BCUT2D eigenvalue weighted by molar-refractivity contribution is 0.139. The first-order valence-corrected chi connectivity index (χ1v) is 9.63. The number of aromatic hydroxyl groups is 1. The van der Waals surface area contributed by atoms with Gasteiger partial charge in [0.25, 0.3) is 0 Å². The maximum atomic E-state index is 10.6. The number of hydrogen-bond acceptors (Lipinski definition) is 4. The van der Waals surface area contributed by atoms with E-state index in [1.807, 2.05) is 36.4 Å². The number of phenols is 1. The van der Waals surface area contributed by atoms with Crippen LogP contribution in [0.25, 0.3) is 10.8 Å². The number of aliphatic hydroxyl groups is 1. The lowest BCUT2D eigenvalue weighted by Crippen LogP contribution is -2.46. The monoisotopic (exact) mass is 362 g/mol. The van der Waals surface area contributed by atoms with Crippen LogP contribution in [-0.2, 0) is 0 Å². The molecule has 4 heteroatoms. The van der Waals surface area contributed by atoms with E-state index in [2.05, 4.69) is 34.1 Å². The molecule has 0 amide bonds. The zero-order chi connectivity index (χ0) is 18.6. The van der Waals surface area contributed by atoms with E-state index in [9.17, 15) is 10.2 Å². The van der Waals surface area contributed by atoms with Crippen LogP contribution in [-0.4, -0.2) is 47.8 Å². The number of anilines is 1. The Balaban J connectivity index is 1.31. The van der Waals surface area contributed by atoms with Crippen LogP contribution in [0.4, 0.5) is 5.69 Å². The van der Waals surface area contributed by atoms with Crippen LogP contribution in [0, 0.1) is 0 Å². The van der Waals surface area contributed by atoms with Crippen molar-refractivity contribution in [2.75, 3.05) is 37.6 Å². The Labute approximate surface area is 160 Å². The first-order valence-electron chi connectivity index (χ1n) is 9.63. The van der Waals surface area contributed by atoms with Gasteiger partial charge in [-0.1, -0.05) is 48.5 Å². The number of phenolic OH excluding ortho intramolecular Hbond substituents is 1. The Morgan fingerprint density at radius 2 is 1.52 bits per heavy atom. The molecule has 0 saturated carbocycles. The molecule has 3 aromatic carbocycles. The summed E-state index contributed by atoms with van der Waals surface area (Å²) in [4.78, 5) is 4.62. The first-order chi connectivity index (χ1) is 13.2. The summed E-state index contributed by atoms with van der Waals surface area (Å²) in [5.74, 6) is 0.345. The summed E-state index contributed by atoms with van der Waals surface area (Å²) in [6.45, 7) is 4.55. The average molecular weight is 362 g/mol. The second kappa shape index (κ2) is 7.99. The fourth-order valence-electron chi connectivity index (χ4n) is 3.83. The van der Waals surface area contributed by atoms with Crippen LogP contribution in [0.2, 0.25) is 0 Å². The second-order valence-electron chi connectivity index (χ2n) is 7.23. The van der Waals surface area contributed by atoms with Gasteiger partial charge in [0.15, 0.2) is 0 Å². The van der Waals surface area contributed by atoms with E-state index in [-0.39, 0.29) is 0 Å². The molecule has 0 aliphatic carbocycles. The van der Waals surface area contributed by atoms with E-state index in [1.165, 1.54) is 10.8 Å². The van der Waals surface area contributed by atoms with Crippen LogP contribution in [0.1, 0.15) is 18.1 Å². The van der Waals surface area contributed by atoms with Gasteiger partial charge in [0.05, 0.1) is 11.8 Å². The van der Waals surface area contributed by atoms with E-state index in [4.69, 9.17) is 0 Å². The summed E-state index contributed by atoms with van der Waals surface area (Å²) < 4.78 is 0. The van der Waals surface area contributed by atoms with Crippen molar-refractivity contribution in [2.45, 2.75) is 12.5 Å². The van der Waals surface area contributed by atoms with Crippen LogP contribution in [0.3, 0.4) is 0 Å². The summed E-state index contributed by atoms with van der Waals surface area (Å²) >= 11 is 0. The van der Waals surface area contributed by atoms with Crippen molar-refractivity contribution in [1.82, 2.24) is 4.90 Å². The third-order valence-electron chi connectivity index (χ3n) is 5.47. The molecule has 4 nitrogen and oxygen atoms in total. The van der Waals surface area contributed by atoms with Crippen LogP contribution in [0.5, 0.6) is 5.75 Å². The predicted octanol–water partition coefficient (Wildman–Crippen LogP) is 3.79. The van der Waals surface area contributed by atoms with E-state index < -0.39 is 6.10 Å². The Bertz CT molecular complexity index is 904. The molecule has 1 atom stereocenters. The summed E-state index contributed by atoms with van der Waals surface area (Å²) in [5.41, 5.74) is 1.90. The molecule has 1 fully saturated rings. The number of piperazine rings is 1. The van der Waals surface area contributed by atoms with Gasteiger partial charge >= 0.3 is 0 Å². The summed E-state index contributed by atoms with van der Waals surface area (Å²) in [7, 11) is 0. The summed E-state index contributed by atoms with van der Waals surface area (Å²) in [5, 5.41) is 23.0. The SMILES string of the molecule is Oc1ccccc1N1CCN(CCC(O)c2ccc3ccccc3c2)CC1. The Kier molecular flexibility index (Phi) is 5.28. The molecule has 0 spiro atoms. The molecule has 1 aliphatic heterocycles. The molecule has 1 unspecified atom stereocenters. The van der Waals surface area contributed by atoms with Gasteiger partial charge in [0.1, 0.15) is 5.75 Å². The van der Waals surface area contributed by atoms with Crippen LogP contribution in [0.15, 0.2) is 66.7 Å². The van der Waals surface area contributed by atoms with Crippen molar-refractivity contribution < 1.29 is 10.2 Å². The third-order valence-corrected chi connectivity index (χ3v) is 5.47. The van der Waals surface area contributed by atoms with E-state index in [0.29, 0.717) is 5.75 Å². The topological polar surface area (TPSA) is 46.9 Å². The largest absolute Gasteiger partial charge is 0.506 e. The number of nitrogens with zero attached hydrogens (tertiary/aromatic N) is 2. The molecule has 140 valence electrons. The van der Waals surface area contributed by atoms with Gasteiger partial charge in [-0.2, -0.15) is 0 Å². The molecule has 2 N–H and O–H groups in total. The molecule has 1 aliphatic rings. The lowest BCUT2D eigenvalue weighted by atomic mass is 10.0. The van der Waals surface area contributed by atoms with Gasteiger partial charge < -0.3 is 15.1 Å². The molecule has 1 heterocycles. The van der Waals surface area contributed by atoms with E-state index in [0.717, 1.165) is 50.4 Å². The van der Waals surface area contributed by atoms with Gasteiger partial charge in [-0.05, 0) is 41.0 Å². The molecular weight excluding hydrogens is 336 g/mol. The molecule has 0 bridgehead atoms. The van der Waals surface area contributed by atoms with Gasteiger partial charge in [-0.15, -0.1) is 0 Å². The normalized spacial score (nSPS) is 16.6. The number of hydrogen-bond donors (Lipinski definition) is 2. The zero-order valence-corrected chi connectivity index (χ0v) is 15.5. The standard InChI is InChI=1S/C23H26N2O2/c26-22(20-10-9-18-5-1-2-6-19(18)17-20)11-12-24-13-15-25(16-14-24)21-7-3-4-8-23(21)27/h1-10,17,22,26-27H,11-16H2. The van der Waals surface area contributed by atoms with Crippen molar-refractivity contribution in [3.63, 3.8) is 0 Å². The molecule has 27 heavy (non-hydrogen) atoms. The van der Waals surface area contributed by atoms with Gasteiger partial charge in [-0.25, -0.2) is 0 Å². The molecule has 3 aromatic rings. The van der Waals surface area contributed by atoms with Crippen LogP contribution >= 0.6 is 0 Å². The molecular formula is C23H26N2O2. The Morgan fingerprint density at radius 3 is 2.30 bits per heavy atom. The fourth-order valence-corrected chi connectivity index (χ4v) is 3.83. The highest BCUT2D eigenvalue weighted by atomic mass is 16.3. The molecule has 0 aromatic heterocycles. The quantitative estimate of drug-likeness (QED) is 0.725. The number of aliphatic hydroxyl groups excluding tert-OH is 1. The highest BCUT2D eigenvalue weighted by Gasteiger charge is 2.20. The Morgan fingerprint density at radius 1 is 0.815 bits per heavy atom. The van der Waals surface area contributed by atoms with Gasteiger partial charge in [0, 0.05) is 32.7 Å². The number of para-hydroxylation sites is 2. The molecule has 0 radical (unpaired) electrons. The van der Waals surface area contributed by atoms with Gasteiger partial charge in [-0.3, -0.25) is 4.90 Å². The Hall–Kier alpha value is -2.56. The molecule has 1 saturated heterocycles. The predicted molar refractivity (Wildman–Crippen MR) is 110 cm³/mol. The van der Waals surface area contributed by atoms with Crippen molar-refractivity contribution >= 4 is 16.5 Å².